The van der Waals surface area contributed by atoms with Gasteiger partial charge in [-0.15, -0.1) is 0 Å². The number of nitrogens with zero attached hydrogens (tertiary/aromatic N) is 1. The summed E-state index contributed by atoms with van der Waals surface area (Å²) >= 11 is 0. The van der Waals surface area contributed by atoms with Crippen LogP contribution in [0.5, 0.6) is 0 Å². The highest BCUT2D eigenvalue weighted by Gasteiger charge is 2.28. The summed E-state index contributed by atoms with van der Waals surface area (Å²) < 4.78 is 6.01. The van der Waals surface area contributed by atoms with Crippen LogP contribution >= 0.6 is 0 Å². The summed E-state index contributed by atoms with van der Waals surface area (Å²) in [6.45, 7) is 8.51. The number of benzene rings is 1. The van der Waals surface area contributed by atoms with Gasteiger partial charge in [0.15, 0.2) is 0 Å². The Morgan fingerprint density at radius 1 is 1.42 bits per heavy atom. The fourth-order valence-corrected chi connectivity index (χ4v) is 2.93. The van der Waals surface area contributed by atoms with Crippen molar-refractivity contribution in [1.82, 2.24) is 10.2 Å². The SMILES string of the molecule is CCCN1CCOC(C(NC)c2ccccc2C)C1. The zero-order chi connectivity index (χ0) is 13.7. The van der Waals surface area contributed by atoms with Crippen LogP contribution in [0.4, 0.5) is 0 Å². The van der Waals surface area contributed by atoms with Crippen molar-refractivity contribution in [3.63, 3.8) is 0 Å². The van der Waals surface area contributed by atoms with E-state index in [0.717, 1.165) is 19.7 Å². The molecule has 1 saturated heterocycles. The van der Waals surface area contributed by atoms with E-state index in [1.54, 1.807) is 0 Å². The second-order valence-corrected chi connectivity index (χ2v) is 5.33. The molecule has 2 unspecified atom stereocenters. The molecule has 106 valence electrons. The lowest BCUT2D eigenvalue weighted by molar-refractivity contribution is -0.0460. The molecule has 1 aromatic carbocycles. The fourth-order valence-electron chi connectivity index (χ4n) is 2.93. The zero-order valence-electron chi connectivity index (χ0n) is 12.4. The van der Waals surface area contributed by atoms with Gasteiger partial charge in [0, 0.05) is 13.1 Å². The topological polar surface area (TPSA) is 24.5 Å². The van der Waals surface area contributed by atoms with Crippen LogP contribution in [0.25, 0.3) is 0 Å². The van der Waals surface area contributed by atoms with Crippen molar-refractivity contribution in [2.45, 2.75) is 32.4 Å². The van der Waals surface area contributed by atoms with Gasteiger partial charge in [-0.1, -0.05) is 31.2 Å². The molecule has 0 aromatic heterocycles. The van der Waals surface area contributed by atoms with Crippen LogP contribution < -0.4 is 5.32 Å². The Labute approximate surface area is 116 Å². The van der Waals surface area contributed by atoms with E-state index in [-0.39, 0.29) is 12.1 Å². The molecule has 2 rings (SSSR count). The Morgan fingerprint density at radius 3 is 2.89 bits per heavy atom. The molecule has 1 aliphatic heterocycles. The Kier molecular flexibility index (Phi) is 5.37. The van der Waals surface area contributed by atoms with E-state index >= 15 is 0 Å². The van der Waals surface area contributed by atoms with Crippen molar-refractivity contribution < 1.29 is 4.74 Å². The molecule has 1 N–H and O–H groups in total. The molecule has 0 aliphatic carbocycles. The summed E-state index contributed by atoms with van der Waals surface area (Å²) in [7, 11) is 2.03. The van der Waals surface area contributed by atoms with Gasteiger partial charge in [-0.3, -0.25) is 4.90 Å². The van der Waals surface area contributed by atoms with E-state index in [1.807, 2.05) is 7.05 Å². The monoisotopic (exact) mass is 262 g/mol. The van der Waals surface area contributed by atoms with Gasteiger partial charge in [0.05, 0.1) is 18.8 Å². The normalized spacial score (nSPS) is 22.4. The van der Waals surface area contributed by atoms with Gasteiger partial charge in [0.1, 0.15) is 0 Å². The number of morpholine rings is 1. The Bertz CT molecular complexity index is 392. The predicted molar refractivity (Wildman–Crippen MR) is 79.5 cm³/mol. The van der Waals surface area contributed by atoms with Gasteiger partial charge in [0.2, 0.25) is 0 Å². The van der Waals surface area contributed by atoms with Crippen LogP contribution in [-0.4, -0.2) is 44.3 Å². The average molecular weight is 262 g/mol. The Hall–Kier alpha value is -0.900. The summed E-state index contributed by atoms with van der Waals surface area (Å²) in [4.78, 5) is 2.51. The molecule has 0 bridgehead atoms. The van der Waals surface area contributed by atoms with Gasteiger partial charge < -0.3 is 10.1 Å². The van der Waals surface area contributed by atoms with Gasteiger partial charge in [0.25, 0.3) is 0 Å². The van der Waals surface area contributed by atoms with Crippen molar-refractivity contribution in [2.24, 2.45) is 0 Å². The lowest BCUT2D eigenvalue weighted by atomic mass is 9.96. The second kappa shape index (κ2) is 7.04. The number of likely N-dealkylation sites (N-methyl/N-ethyl adjacent to an activating group) is 1. The summed E-state index contributed by atoms with van der Waals surface area (Å²) in [6.07, 6.45) is 1.45. The summed E-state index contributed by atoms with van der Waals surface area (Å²) in [6, 6.07) is 8.86. The molecule has 1 aromatic rings. The van der Waals surface area contributed by atoms with Crippen LogP contribution in [-0.2, 0) is 4.74 Å². The number of ether oxygens (including phenoxy) is 1. The lowest BCUT2D eigenvalue weighted by Gasteiger charge is -2.37. The van der Waals surface area contributed by atoms with E-state index in [2.05, 4.69) is 48.3 Å². The van der Waals surface area contributed by atoms with Crippen LogP contribution in [0, 0.1) is 6.92 Å². The van der Waals surface area contributed by atoms with Gasteiger partial charge in [-0.25, -0.2) is 0 Å². The number of hydrogen-bond acceptors (Lipinski definition) is 3. The molecule has 0 saturated carbocycles. The molecule has 0 spiro atoms. The molecule has 2 atom stereocenters. The smallest absolute Gasteiger partial charge is 0.0896 e. The number of aryl methyl sites for hydroxylation is 1. The molecule has 3 nitrogen and oxygen atoms in total. The van der Waals surface area contributed by atoms with Crippen LogP contribution in [0.2, 0.25) is 0 Å². The predicted octanol–water partition coefficient (Wildman–Crippen LogP) is 2.37. The number of rotatable bonds is 5. The number of hydrogen-bond donors (Lipinski definition) is 1. The van der Waals surface area contributed by atoms with E-state index in [4.69, 9.17) is 4.74 Å². The molecule has 1 heterocycles. The minimum atomic E-state index is 0.242. The maximum Gasteiger partial charge on any atom is 0.0896 e. The highest BCUT2D eigenvalue weighted by Crippen LogP contribution is 2.24. The van der Waals surface area contributed by atoms with Gasteiger partial charge in [-0.05, 0) is 38.1 Å². The highest BCUT2D eigenvalue weighted by atomic mass is 16.5. The minimum Gasteiger partial charge on any atom is -0.374 e. The quantitative estimate of drug-likeness (QED) is 0.881. The van der Waals surface area contributed by atoms with Crippen molar-refractivity contribution in [3.8, 4) is 0 Å². The van der Waals surface area contributed by atoms with Crippen molar-refractivity contribution in [2.75, 3.05) is 33.3 Å². The van der Waals surface area contributed by atoms with E-state index in [9.17, 15) is 0 Å². The molecule has 0 radical (unpaired) electrons. The second-order valence-electron chi connectivity index (χ2n) is 5.33. The van der Waals surface area contributed by atoms with Crippen molar-refractivity contribution in [1.29, 1.82) is 0 Å². The lowest BCUT2D eigenvalue weighted by Crippen LogP contribution is -2.47. The molecular formula is C16H26N2O. The van der Waals surface area contributed by atoms with Crippen LogP contribution in [0.3, 0.4) is 0 Å². The maximum absolute atomic E-state index is 6.01. The van der Waals surface area contributed by atoms with Gasteiger partial charge >= 0.3 is 0 Å². The van der Waals surface area contributed by atoms with Crippen LogP contribution in [0.15, 0.2) is 24.3 Å². The van der Waals surface area contributed by atoms with E-state index < -0.39 is 0 Å². The molecule has 3 heteroatoms. The molecule has 1 fully saturated rings. The number of nitrogens with one attached hydrogen (secondary N) is 1. The van der Waals surface area contributed by atoms with Gasteiger partial charge in [-0.2, -0.15) is 0 Å². The largest absolute Gasteiger partial charge is 0.374 e. The Balaban J connectivity index is 2.11. The third-order valence-corrected chi connectivity index (χ3v) is 3.92. The molecular weight excluding hydrogens is 236 g/mol. The maximum atomic E-state index is 6.01. The third-order valence-electron chi connectivity index (χ3n) is 3.92. The van der Waals surface area contributed by atoms with E-state index in [0.29, 0.717) is 0 Å². The zero-order valence-corrected chi connectivity index (χ0v) is 12.4. The molecule has 1 aliphatic rings. The fraction of sp³-hybridized carbons (Fsp3) is 0.625. The Morgan fingerprint density at radius 2 is 2.21 bits per heavy atom. The molecule has 19 heavy (non-hydrogen) atoms. The molecule has 0 amide bonds. The first kappa shape index (κ1) is 14.5. The average Bonchev–Trinajstić information content (AvgIpc) is 2.43. The minimum absolute atomic E-state index is 0.242. The summed E-state index contributed by atoms with van der Waals surface area (Å²) in [5, 5.41) is 3.44. The first-order valence-corrected chi connectivity index (χ1v) is 7.33. The first-order chi connectivity index (χ1) is 9.26. The van der Waals surface area contributed by atoms with Crippen molar-refractivity contribution in [3.05, 3.63) is 35.4 Å². The van der Waals surface area contributed by atoms with Crippen LogP contribution in [0.1, 0.15) is 30.5 Å². The van der Waals surface area contributed by atoms with E-state index in [1.165, 1.54) is 24.1 Å². The standard InChI is InChI=1S/C16H26N2O/c1-4-9-18-10-11-19-15(12-18)16(17-3)14-8-6-5-7-13(14)2/h5-8,15-17H,4,9-12H2,1-3H3. The third kappa shape index (κ3) is 3.56. The first-order valence-electron chi connectivity index (χ1n) is 7.33. The highest BCUT2D eigenvalue weighted by molar-refractivity contribution is 5.29. The summed E-state index contributed by atoms with van der Waals surface area (Å²) in [5.74, 6) is 0. The summed E-state index contributed by atoms with van der Waals surface area (Å²) in [5.41, 5.74) is 2.69. The van der Waals surface area contributed by atoms with Crippen molar-refractivity contribution >= 4 is 0 Å².